The molecular formula is C42H34F10N8NiO6S6. The van der Waals surface area contributed by atoms with Gasteiger partial charge in [0.05, 0.1) is 20.4 Å². The molecule has 6 heterocycles. The number of nitrogens with zero attached hydrogens (tertiary/aromatic N) is 8. The zero-order valence-electron chi connectivity index (χ0n) is 36.8. The summed E-state index contributed by atoms with van der Waals surface area (Å²) in [7, 11) is -9.25. The molecule has 0 atom stereocenters. The van der Waals surface area contributed by atoms with Gasteiger partial charge in [0.25, 0.3) is 20.2 Å². The number of aryl methyl sites for hydroxylation is 2. The summed E-state index contributed by atoms with van der Waals surface area (Å²) < 4.78 is 199. The molecule has 0 bridgehead atoms. The Morgan fingerprint density at radius 2 is 0.890 bits per heavy atom. The van der Waals surface area contributed by atoms with E-state index in [2.05, 4.69) is 40.2 Å². The maximum Gasteiger partial charge on any atom is 0.464 e. The van der Waals surface area contributed by atoms with Crippen molar-refractivity contribution in [2.45, 2.75) is 93.8 Å². The van der Waals surface area contributed by atoms with Crippen LogP contribution in [-0.4, -0.2) is 84.9 Å². The molecule has 4 aliphatic heterocycles. The van der Waals surface area contributed by atoms with Crippen LogP contribution in [-0.2, 0) is 62.4 Å². The van der Waals surface area contributed by atoms with Crippen LogP contribution in [0.2, 0.25) is 0 Å². The van der Waals surface area contributed by atoms with Crippen LogP contribution in [0.5, 0.6) is 0 Å². The first-order valence-corrected chi connectivity index (χ1v) is 27.6. The molecule has 4 aromatic carbocycles. The summed E-state index contributed by atoms with van der Waals surface area (Å²) >= 11 is 0.559. The minimum absolute atomic E-state index is 0. The first-order chi connectivity index (χ1) is 33.7. The number of fused-ring (bicyclic) bond motifs is 2. The topological polar surface area (TPSA) is 190 Å². The SMILES string of the molecule is O=S(=O)(O)c1c(N=Nc2nc3ccc(SC(F)(F)C(F)(F)F)cc3s2)cc2c3c1CCCN3CCC2.O=S(=O)(O)c1c(N=Nc2nc3ccc(SC(F)(F)C(F)(F)F)cc3s2)cc2c3c1CCCN3CCC2.[Ni]. The number of thioether (sulfide) groups is 2. The molecule has 0 spiro atoms. The molecule has 10 rings (SSSR count). The fourth-order valence-corrected chi connectivity index (χ4v) is 14.0. The van der Waals surface area contributed by atoms with Crippen molar-refractivity contribution >= 4 is 120 Å². The van der Waals surface area contributed by atoms with E-state index in [0.717, 1.165) is 134 Å². The van der Waals surface area contributed by atoms with Crippen LogP contribution in [0.1, 0.15) is 47.9 Å². The fraction of sp³-hybridized carbons (Fsp3) is 0.381. The molecule has 0 saturated carbocycles. The smallest absolute Gasteiger partial charge is 0.371 e. The van der Waals surface area contributed by atoms with E-state index < -0.39 is 66.6 Å². The molecule has 0 amide bonds. The van der Waals surface area contributed by atoms with E-state index in [0.29, 0.717) is 44.4 Å². The Morgan fingerprint density at radius 3 is 1.23 bits per heavy atom. The second-order valence-corrected chi connectivity index (χ2v) is 23.8. The molecule has 2 N–H and O–H groups in total. The standard InChI is InChI=1S/2C21H17F5N4O3S3.Ni/c2*22-20(23,24)21(25,26)35-12-5-6-14-16(10-12)34-19(27-14)29-28-15-9-11-3-1-7-30-8-2-4-13(17(11)30)18(15)36(31,32)33;/h2*5-6,9-10H,1-4,7-8H2,(H,31,32,33);. The van der Waals surface area contributed by atoms with Gasteiger partial charge in [-0.1, -0.05) is 22.7 Å². The van der Waals surface area contributed by atoms with Crippen molar-refractivity contribution in [3.8, 4) is 0 Å². The van der Waals surface area contributed by atoms with Gasteiger partial charge in [-0.3, -0.25) is 9.11 Å². The maximum absolute atomic E-state index is 13.4. The van der Waals surface area contributed by atoms with Gasteiger partial charge in [-0.25, -0.2) is 9.97 Å². The molecule has 2 aromatic heterocycles. The van der Waals surface area contributed by atoms with Crippen molar-refractivity contribution in [1.82, 2.24) is 9.97 Å². The average molecular weight is 1190 g/mol. The minimum atomic E-state index is -5.70. The van der Waals surface area contributed by atoms with E-state index in [4.69, 9.17) is 0 Å². The normalized spacial score (nSPS) is 16.4. The molecule has 6 aromatic rings. The number of hydrogen-bond acceptors (Lipinski definition) is 16. The average Bonchev–Trinajstić information content (AvgIpc) is 3.89. The Labute approximate surface area is 434 Å². The van der Waals surface area contributed by atoms with Crippen LogP contribution in [0, 0.1) is 0 Å². The van der Waals surface area contributed by atoms with Gasteiger partial charge in [0.2, 0.25) is 10.3 Å². The van der Waals surface area contributed by atoms with Gasteiger partial charge in [0, 0.05) is 63.8 Å². The molecule has 0 unspecified atom stereocenters. The number of aromatic nitrogens is 2. The van der Waals surface area contributed by atoms with E-state index >= 15 is 0 Å². The summed E-state index contributed by atoms with van der Waals surface area (Å²) in [5.41, 5.74) is 5.02. The van der Waals surface area contributed by atoms with Crippen LogP contribution < -0.4 is 9.80 Å². The van der Waals surface area contributed by atoms with Crippen LogP contribution in [0.25, 0.3) is 20.4 Å². The Kier molecular flexibility index (Phi) is 15.4. The van der Waals surface area contributed by atoms with Gasteiger partial charge in [0.15, 0.2) is 0 Å². The fourth-order valence-electron chi connectivity index (χ4n) is 8.95. The molecule has 73 heavy (non-hydrogen) atoms. The third-order valence-electron chi connectivity index (χ3n) is 11.8. The van der Waals surface area contributed by atoms with Crippen molar-refractivity contribution < 1.29 is 86.3 Å². The maximum atomic E-state index is 13.4. The van der Waals surface area contributed by atoms with Gasteiger partial charge in [-0.05, 0) is 146 Å². The van der Waals surface area contributed by atoms with Crippen LogP contribution in [0.15, 0.2) is 88.6 Å². The number of azo groups is 2. The Morgan fingerprint density at radius 1 is 0.534 bits per heavy atom. The molecule has 31 heteroatoms. The second-order valence-electron chi connectivity index (χ2n) is 16.6. The number of anilines is 2. The van der Waals surface area contributed by atoms with E-state index in [-0.39, 0.29) is 57.7 Å². The summed E-state index contributed by atoms with van der Waals surface area (Å²) in [6.07, 6.45) is -5.81. The summed E-state index contributed by atoms with van der Waals surface area (Å²) in [6.45, 7) is 3.19. The van der Waals surface area contributed by atoms with Crippen LogP contribution in [0.3, 0.4) is 0 Å². The van der Waals surface area contributed by atoms with Crippen LogP contribution in [0.4, 0.5) is 76.9 Å². The summed E-state index contributed by atoms with van der Waals surface area (Å²) in [5.74, 6) is 0. The van der Waals surface area contributed by atoms with Gasteiger partial charge >= 0.3 is 22.9 Å². The van der Waals surface area contributed by atoms with Crippen molar-refractivity contribution in [2.24, 2.45) is 20.5 Å². The Hall–Kier alpha value is -4.23. The third kappa shape index (κ3) is 11.5. The number of alkyl halides is 10. The summed E-state index contributed by atoms with van der Waals surface area (Å²) in [6, 6.07) is 10.3. The van der Waals surface area contributed by atoms with E-state index in [1.165, 1.54) is 12.1 Å². The Balaban J connectivity index is 0.000000192. The quantitative estimate of drug-likeness (QED) is 0.0434. The largest absolute Gasteiger partial charge is 0.464 e. The molecule has 4 aliphatic rings. The minimum Gasteiger partial charge on any atom is -0.371 e. The van der Waals surface area contributed by atoms with E-state index in [9.17, 15) is 69.8 Å². The molecule has 0 saturated heterocycles. The molecule has 0 fully saturated rings. The van der Waals surface area contributed by atoms with Crippen molar-refractivity contribution in [3.05, 3.63) is 70.8 Å². The molecule has 0 radical (unpaired) electrons. The van der Waals surface area contributed by atoms with Crippen LogP contribution >= 0.6 is 46.2 Å². The van der Waals surface area contributed by atoms with Crippen molar-refractivity contribution in [2.75, 3.05) is 36.0 Å². The summed E-state index contributed by atoms with van der Waals surface area (Å²) in [4.78, 5) is 11.4. The van der Waals surface area contributed by atoms with E-state index in [1.807, 2.05) is 0 Å². The van der Waals surface area contributed by atoms with Crippen molar-refractivity contribution in [1.29, 1.82) is 0 Å². The monoisotopic (exact) mass is 1190 g/mol. The molecular weight excluding hydrogens is 1150 g/mol. The number of thiazole rings is 2. The second kappa shape index (κ2) is 20.4. The predicted molar refractivity (Wildman–Crippen MR) is 252 cm³/mol. The number of rotatable bonds is 10. The molecule has 0 aliphatic carbocycles. The predicted octanol–water partition coefficient (Wildman–Crippen LogP) is 13.8. The van der Waals surface area contributed by atoms with Gasteiger partial charge < -0.3 is 9.80 Å². The first-order valence-electron chi connectivity index (χ1n) is 21.4. The number of halogens is 10. The van der Waals surface area contributed by atoms with Gasteiger partial charge in [0.1, 0.15) is 21.2 Å². The van der Waals surface area contributed by atoms with Gasteiger partial charge in [-0.15, -0.1) is 20.5 Å². The summed E-state index contributed by atoms with van der Waals surface area (Å²) in [5, 5.41) is 6.30. The molecule has 394 valence electrons. The molecule has 14 nitrogen and oxygen atoms in total. The third-order valence-corrected chi connectivity index (χ3v) is 17.5. The zero-order chi connectivity index (χ0) is 51.8. The number of benzene rings is 4. The zero-order valence-corrected chi connectivity index (χ0v) is 42.6. The van der Waals surface area contributed by atoms with Crippen molar-refractivity contribution in [3.63, 3.8) is 0 Å². The number of hydrogen-bond donors (Lipinski definition) is 2. The Bertz CT molecular complexity index is 3200. The first kappa shape index (κ1) is 55.0. The van der Waals surface area contributed by atoms with Gasteiger partial charge in [-0.2, -0.15) is 60.7 Å². The van der Waals surface area contributed by atoms with E-state index in [1.54, 1.807) is 12.1 Å².